The molecule has 0 aliphatic rings. The third-order valence-electron chi connectivity index (χ3n) is 0.934. The molecule has 0 saturated carbocycles. The molecule has 0 atom stereocenters. The van der Waals surface area contributed by atoms with Crippen LogP contribution in [0.3, 0.4) is 0 Å². The van der Waals surface area contributed by atoms with E-state index in [2.05, 4.69) is 0 Å². The molecule has 0 aliphatic carbocycles. The molecular weight excluding hydrogens is 181 g/mol. The fourth-order valence-corrected chi connectivity index (χ4v) is 1.01. The van der Waals surface area contributed by atoms with Crippen LogP contribution in [0.15, 0.2) is 0 Å². The van der Waals surface area contributed by atoms with Gasteiger partial charge in [0.15, 0.2) is 0 Å². The lowest BCUT2D eigenvalue weighted by Gasteiger charge is -2.13. The molecule has 0 unspecified atom stereocenters. The molecule has 0 amide bonds. The molecule has 0 N–H and O–H groups in total. The molecule has 0 aromatic carbocycles. The van der Waals surface area contributed by atoms with E-state index in [-0.39, 0.29) is 9.41 Å². The summed E-state index contributed by atoms with van der Waals surface area (Å²) in [7, 11) is 0. The molecule has 0 aromatic heterocycles. The van der Waals surface area contributed by atoms with Gasteiger partial charge in [0.2, 0.25) is 0 Å². The van der Waals surface area contributed by atoms with E-state index >= 15 is 0 Å². The maximum Gasteiger partial charge on any atom is 0.624 e. The Kier molecular flexibility index (Phi) is 15.8. The van der Waals surface area contributed by atoms with Crippen molar-refractivity contribution in [2.45, 2.75) is 13.8 Å². The predicted octanol–water partition coefficient (Wildman–Crippen LogP) is 2.21. The molecule has 0 fully saturated rings. The van der Waals surface area contributed by atoms with Crippen LogP contribution < -0.4 is 0 Å². The van der Waals surface area contributed by atoms with E-state index in [1.165, 1.54) is 0 Å². The van der Waals surface area contributed by atoms with Crippen LogP contribution in [-0.2, 0) is 0 Å². The summed E-state index contributed by atoms with van der Waals surface area (Å²) in [6.07, 6.45) is 0. The minimum Gasteiger partial charge on any atom is -0.274 e. The predicted molar refractivity (Wildman–Crippen MR) is 43.5 cm³/mol. The lowest BCUT2D eigenvalue weighted by atomic mass is 10.5. The average Bonchev–Trinajstić information content (AvgIpc) is 1.82. The summed E-state index contributed by atoms with van der Waals surface area (Å²) in [6.45, 7) is 2.79. The van der Waals surface area contributed by atoms with E-state index in [0.717, 1.165) is 0 Å². The number of rotatable bonds is 4. The number of nitrogens with zero attached hydrogens (tertiary/aromatic N) is 1. The second-order valence-corrected chi connectivity index (χ2v) is 2.56. The van der Waals surface area contributed by atoms with Gasteiger partial charge in [-0.2, -0.15) is 0 Å². The van der Waals surface area contributed by atoms with E-state index in [4.69, 9.17) is 0 Å². The van der Waals surface area contributed by atoms with Crippen molar-refractivity contribution >= 4 is 18.3 Å². The molecule has 0 saturated heterocycles. The van der Waals surface area contributed by atoms with Crippen LogP contribution in [0.4, 0.5) is 18.0 Å². The van der Waals surface area contributed by atoms with E-state index in [0.29, 0.717) is 24.9 Å². The molecule has 0 bridgehead atoms. The second kappa shape index (κ2) is 10.1. The van der Waals surface area contributed by atoms with Gasteiger partial charge < -0.3 is 0 Å². The van der Waals surface area contributed by atoms with Crippen LogP contribution in [0.25, 0.3) is 0 Å². The van der Waals surface area contributed by atoms with Crippen molar-refractivity contribution in [3.05, 3.63) is 0 Å². The van der Waals surface area contributed by atoms with Crippen LogP contribution in [0.2, 0.25) is 0 Å². The lowest BCUT2D eigenvalue weighted by Crippen LogP contribution is -2.17. The Hall–Kier alpha value is 0.0949. The smallest absolute Gasteiger partial charge is 0.274 e. The fourth-order valence-electron chi connectivity index (χ4n) is 0.485. The lowest BCUT2D eigenvalue weighted by molar-refractivity contribution is 0.525. The van der Waals surface area contributed by atoms with Gasteiger partial charge in [0, 0.05) is 13.1 Å². The second-order valence-electron chi connectivity index (χ2n) is 1.48. The van der Waals surface area contributed by atoms with Crippen molar-refractivity contribution in [1.29, 1.82) is 0 Å². The Bertz CT molecular complexity index is 73.1. The number of hydrogen-bond donors (Lipinski definition) is 0. The average molecular weight is 193 g/mol. The topological polar surface area (TPSA) is 3.24 Å². The van der Waals surface area contributed by atoms with Gasteiger partial charge in [-0.1, -0.05) is 25.6 Å². The Labute approximate surface area is 68.5 Å². The van der Waals surface area contributed by atoms with Crippen molar-refractivity contribution in [2.24, 2.45) is 0 Å². The maximum atomic E-state index is 11.6. The van der Waals surface area contributed by atoms with E-state index in [1.54, 1.807) is 4.31 Å². The summed E-state index contributed by atoms with van der Waals surface area (Å²) in [5, 5.41) is 0. The summed E-state index contributed by atoms with van der Waals surface area (Å²) >= 11 is 0.600. The molecule has 0 radical (unpaired) electrons. The van der Waals surface area contributed by atoms with Crippen LogP contribution in [-0.4, -0.2) is 23.9 Å². The maximum absolute atomic E-state index is 11.6. The highest BCUT2D eigenvalue weighted by molar-refractivity contribution is 8.22. The minimum atomic E-state index is -2.27. The Morgan fingerprint density at radius 1 is 1.18 bits per heavy atom. The summed E-state index contributed by atoms with van der Waals surface area (Å²) in [5.74, 6) is 0. The van der Waals surface area contributed by atoms with Crippen LogP contribution in [0.5, 0.6) is 0 Å². The van der Waals surface area contributed by atoms with Gasteiger partial charge in [-0.15, -0.1) is 0 Å². The zero-order valence-electron chi connectivity index (χ0n) is 6.42. The van der Waals surface area contributed by atoms with E-state index in [9.17, 15) is 8.63 Å². The van der Waals surface area contributed by atoms with Gasteiger partial charge in [0.25, 0.3) is 0 Å². The Morgan fingerprint density at radius 2 is 1.55 bits per heavy atom. The third kappa shape index (κ3) is 10.1. The first-order chi connectivity index (χ1) is 4.20. The van der Waals surface area contributed by atoms with Crippen molar-refractivity contribution in [1.82, 2.24) is 4.31 Å². The molecule has 0 aromatic rings. The quantitative estimate of drug-likeness (QED) is 0.382. The van der Waals surface area contributed by atoms with Gasteiger partial charge in [-0.3, -0.25) is 22.3 Å². The summed E-state index contributed by atoms with van der Waals surface area (Å²) in [6, 6.07) is 0. The van der Waals surface area contributed by atoms with E-state index in [1.807, 2.05) is 13.8 Å². The normalized spacial score (nSPS) is 8.45. The minimum absolute atomic E-state index is 0. The summed E-state index contributed by atoms with van der Waals surface area (Å²) in [4.78, 5) is 0. The van der Waals surface area contributed by atoms with Gasteiger partial charge in [0.1, 0.15) is 0 Å². The molecule has 0 aliphatic heterocycles. The van der Waals surface area contributed by atoms with Gasteiger partial charge >= 0.3 is 6.55 Å². The number of hydrogen-bond acceptors (Lipinski definition) is 2. The first-order valence-corrected chi connectivity index (χ1v) is 3.74. The van der Waals surface area contributed by atoms with Gasteiger partial charge in [0.05, 0.1) is 0 Å². The highest BCUT2D eigenvalue weighted by atomic mass is 32.2. The Morgan fingerprint density at radius 3 is 1.64 bits per heavy atom. The highest BCUT2D eigenvalue weighted by Crippen LogP contribution is 2.13. The number of halogens is 4. The SMILES string of the molecule is CCN(CC)SB(F)F.F.F. The zero-order chi connectivity index (χ0) is 7.28. The van der Waals surface area contributed by atoms with E-state index < -0.39 is 6.55 Å². The van der Waals surface area contributed by atoms with Crippen molar-refractivity contribution in [3.63, 3.8) is 0 Å². The summed E-state index contributed by atoms with van der Waals surface area (Å²) in [5.41, 5.74) is 0. The molecular formula is C4H12BF4NS. The molecule has 1 nitrogen and oxygen atoms in total. The zero-order valence-corrected chi connectivity index (χ0v) is 7.24. The molecule has 0 rings (SSSR count). The standard InChI is InChI=1S/C4H10BF2NS.2FH/c1-3-8(4-2)9-5(6)7;;/h3-4H2,1-2H3;2*1H. The van der Waals surface area contributed by atoms with Crippen molar-refractivity contribution in [3.8, 4) is 0 Å². The first kappa shape index (κ1) is 17.3. The molecule has 7 heteroatoms. The summed E-state index contributed by atoms with van der Waals surface area (Å²) < 4.78 is 24.8. The third-order valence-corrected chi connectivity index (χ3v) is 1.91. The monoisotopic (exact) mass is 193 g/mol. The van der Waals surface area contributed by atoms with Crippen molar-refractivity contribution in [2.75, 3.05) is 13.1 Å². The molecule has 0 heterocycles. The molecule has 70 valence electrons. The highest BCUT2D eigenvalue weighted by Gasteiger charge is 2.16. The fraction of sp³-hybridized carbons (Fsp3) is 1.00. The van der Waals surface area contributed by atoms with Gasteiger partial charge in [-0.05, 0) is 0 Å². The molecule has 11 heavy (non-hydrogen) atoms. The van der Waals surface area contributed by atoms with Crippen molar-refractivity contribution < 1.29 is 18.0 Å². The molecule has 0 spiro atoms. The van der Waals surface area contributed by atoms with Crippen LogP contribution in [0, 0.1) is 0 Å². The van der Waals surface area contributed by atoms with Crippen LogP contribution in [0.1, 0.15) is 13.8 Å². The van der Waals surface area contributed by atoms with Crippen LogP contribution >= 0.6 is 11.8 Å². The largest absolute Gasteiger partial charge is 0.624 e. The Balaban J connectivity index is -0.000000320. The van der Waals surface area contributed by atoms with Gasteiger partial charge in [-0.25, -0.2) is 0 Å². The first-order valence-electron chi connectivity index (χ1n) is 2.90.